The molecule has 0 radical (unpaired) electrons. The van der Waals surface area contributed by atoms with Gasteiger partial charge < -0.3 is 5.11 Å². The van der Waals surface area contributed by atoms with E-state index < -0.39 is 0 Å². The lowest BCUT2D eigenvalue weighted by molar-refractivity contribution is 0.0952. The lowest BCUT2D eigenvalue weighted by Crippen LogP contribution is -2.40. The minimum absolute atomic E-state index is 0.0111. The molecule has 88 valence electrons. The van der Waals surface area contributed by atoms with Crippen LogP contribution in [-0.2, 0) is 6.54 Å². The van der Waals surface area contributed by atoms with Gasteiger partial charge in [0, 0.05) is 12.1 Å². The highest BCUT2D eigenvalue weighted by Gasteiger charge is 2.62. The zero-order valence-corrected chi connectivity index (χ0v) is 10.4. The van der Waals surface area contributed by atoms with E-state index in [1.165, 1.54) is 5.56 Å². The van der Waals surface area contributed by atoms with E-state index in [4.69, 9.17) is 0 Å². The van der Waals surface area contributed by atoms with Crippen molar-refractivity contribution in [3.05, 3.63) is 35.9 Å². The van der Waals surface area contributed by atoms with E-state index in [-0.39, 0.29) is 17.6 Å². The standard InChI is InChI=1S/C14H21NO/c1-13(2)10-14(13,11-16)15(3)9-12-7-5-4-6-8-12/h4-8,16H,9-11H2,1-3H3. The van der Waals surface area contributed by atoms with Gasteiger partial charge in [0.05, 0.1) is 6.61 Å². The molecule has 1 fully saturated rings. The molecule has 1 N–H and O–H groups in total. The quantitative estimate of drug-likeness (QED) is 0.839. The molecule has 1 aliphatic carbocycles. The van der Waals surface area contributed by atoms with Crippen LogP contribution in [-0.4, -0.2) is 29.2 Å². The third-order valence-corrected chi connectivity index (χ3v) is 4.12. The van der Waals surface area contributed by atoms with Gasteiger partial charge in [0.2, 0.25) is 0 Å². The molecule has 0 spiro atoms. The van der Waals surface area contributed by atoms with E-state index in [0.29, 0.717) is 0 Å². The van der Waals surface area contributed by atoms with Crippen LogP contribution in [0.5, 0.6) is 0 Å². The van der Waals surface area contributed by atoms with Crippen LogP contribution in [0.25, 0.3) is 0 Å². The molecule has 0 bridgehead atoms. The Morgan fingerprint density at radius 2 is 1.81 bits per heavy atom. The molecule has 1 unspecified atom stereocenters. The lowest BCUT2D eigenvalue weighted by atomic mass is 10.0. The number of rotatable bonds is 4. The number of benzene rings is 1. The zero-order valence-electron chi connectivity index (χ0n) is 10.4. The summed E-state index contributed by atoms with van der Waals surface area (Å²) in [4.78, 5) is 2.29. The predicted molar refractivity (Wildman–Crippen MR) is 66.1 cm³/mol. The fraction of sp³-hybridized carbons (Fsp3) is 0.571. The Kier molecular flexibility index (Phi) is 2.81. The van der Waals surface area contributed by atoms with Crippen molar-refractivity contribution in [3.8, 4) is 0 Å². The Bertz CT molecular complexity index is 360. The Labute approximate surface area is 97.9 Å². The van der Waals surface area contributed by atoms with Gasteiger partial charge in [0.15, 0.2) is 0 Å². The molecule has 0 amide bonds. The van der Waals surface area contributed by atoms with Crippen molar-refractivity contribution in [1.29, 1.82) is 0 Å². The average molecular weight is 219 g/mol. The topological polar surface area (TPSA) is 23.5 Å². The summed E-state index contributed by atoms with van der Waals surface area (Å²) < 4.78 is 0. The van der Waals surface area contributed by atoms with Crippen LogP contribution in [0.2, 0.25) is 0 Å². The predicted octanol–water partition coefficient (Wildman–Crippen LogP) is 2.28. The normalized spacial score (nSPS) is 27.1. The van der Waals surface area contributed by atoms with E-state index >= 15 is 0 Å². The summed E-state index contributed by atoms with van der Waals surface area (Å²) in [6.45, 7) is 5.61. The minimum Gasteiger partial charge on any atom is -0.394 e. The molecule has 1 atom stereocenters. The highest BCUT2D eigenvalue weighted by Crippen LogP contribution is 2.58. The van der Waals surface area contributed by atoms with Crippen LogP contribution in [0.1, 0.15) is 25.8 Å². The van der Waals surface area contributed by atoms with Gasteiger partial charge in [-0.05, 0) is 24.4 Å². The summed E-state index contributed by atoms with van der Waals surface area (Å²) in [5.74, 6) is 0. The van der Waals surface area contributed by atoms with Gasteiger partial charge in [0.1, 0.15) is 0 Å². The van der Waals surface area contributed by atoms with E-state index in [1.807, 2.05) is 6.07 Å². The van der Waals surface area contributed by atoms with Crippen molar-refractivity contribution >= 4 is 0 Å². The first kappa shape index (κ1) is 11.6. The Hall–Kier alpha value is -0.860. The van der Waals surface area contributed by atoms with E-state index in [2.05, 4.69) is 50.1 Å². The van der Waals surface area contributed by atoms with Crippen molar-refractivity contribution in [3.63, 3.8) is 0 Å². The number of hydrogen-bond donors (Lipinski definition) is 1. The molecular weight excluding hydrogens is 198 g/mol. The molecule has 1 saturated carbocycles. The number of aliphatic hydroxyl groups is 1. The maximum absolute atomic E-state index is 9.60. The molecule has 0 aromatic heterocycles. The maximum Gasteiger partial charge on any atom is 0.0620 e. The van der Waals surface area contributed by atoms with Crippen LogP contribution >= 0.6 is 0 Å². The lowest BCUT2D eigenvalue weighted by Gasteiger charge is -2.30. The largest absolute Gasteiger partial charge is 0.394 e. The first-order valence-corrected chi connectivity index (χ1v) is 5.88. The van der Waals surface area contributed by atoms with Gasteiger partial charge in [-0.15, -0.1) is 0 Å². The Morgan fingerprint density at radius 1 is 1.25 bits per heavy atom. The molecule has 2 rings (SSSR count). The van der Waals surface area contributed by atoms with Gasteiger partial charge in [0.25, 0.3) is 0 Å². The summed E-state index contributed by atoms with van der Waals surface area (Å²) in [6, 6.07) is 10.4. The second kappa shape index (κ2) is 3.86. The summed E-state index contributed by atoms with van der Waals surface area (Å²) in [5.41, 5.74) is 1.54. The second-order valence-corrected chi connectivity index (χ2v) is 5.59. The van der Waals surface area contributed by atoms with Gasteiger partial charge >= 0.3 is 0 Å². The summed E-state index contributed by atoms with van der Waals surface area (Å²) >= 11 is 0. The van der Waals surface area contributed by atoms with Crippen molar-refractivity contribution in [2.45, 2.75) is 32.4 Å². The smallest absolute Gasteiger partial charge is 0.0620 e. The van der Waals surface area contributed by atoms with E-state index in [9.17, 15) is 5.11 Å². The van der Waals surface area contributed by atoms with Crippen LogP contribution in [0.4, 0.5) is 0 Å². The van der Waals surface area contributed by atoms with Crippen LogP contribution < -0.4 is 0 Å². The van der Waals surface area contributed by atoms with Gasteiger partial charge in [-0.2, -0.15) is 0 Å². The monoisotopic (exact) mass is 219 g/mol. The molecule has 1 aromatic rings. The van der Waals surface area contributed by atoms with Gasteiger partial charge in [-0.1, -0.05) is 44.2 Å². The number of aliphatic hydroxyl groups excluding tert-OH is 1. The number of nitrogens with zero attached hydrogens (tertiary/aromatic N) is 1. The van der Waals surface area contributed by atoms with Crippen molar-refractivity contribution in [2.75, 3.05) is 13.7 Å². The first-order chi connectivity index (χ1) is 7.52. The van der Waals surface area contributed by atoms with Crippen LogP contribution in [0.3, 0.4) is 0 Å². The highest BCUT2D eigenvalue weighted by molar-refractivity contribution is 5.20. The Balaban J connectivity index is 2.07. The molecular formula is C14H21NO. The molecule has 2 nitrogen and oxygen atoms in total. The Morgan fingerprint density at radius 3 is 2.25 bits per heavy atom. The zero-order chi connectivity index (χ0) is 11.8. The first-order valence-electron chi connectivity index (χ1n) is 5.88. The third-order valence-electron chi connectivity index (χ3n) is 4.12. The molecule has 1 aromatic carbocycles. The number of likely N-dealkylation sites (N-methyl/N-ethyl adjacent to an activating group) is 1. The van der Waals surface area contributed by atoms with Crippen molar-refractivity contribution in [2.24, 2.45) is 5.41 Å². The van der Waals surface area contributed by atoms with Crippen LogP contribution in [0, 0.1) is 5.41 Å². The molecule has 1 aliphatic rings. The summed E-state index contributed by atoms with van der Waals surface area (Å²) in [6.07, 6.45) is 1.08. The van der Waals surface area contributed by atoms with Crippen LogP contribution in [0.15, 0.2) is 30.3 Å². The van der Waals surface area contributed by atoms with Gasteiger partial charge in [-0.3, -0.25) is 4.90 Å². The summed E-state index contributed by atoms with van der Waals surface area (Å²) in [5, 5.41) is 9.60. The SMILES string of the molecule is CN(Cc1ccccc1)C1(CO)CC1(C)C. The van der Waals surface area contributed by atoms with Crippen molar-refractivity contribution < 1.29 is 5.11 Å². The van der Waals surface area contributed by atoms with Crippen molar-refractivity contribution in [1.82, 2.24) is 4.90 Å². The second-order valence-electron chi connectivity index (χ2n) is 5.59. The highest BCUT2D eigenvalue weighted by atomic mass is 16.3. The maximum atomic E-state index is 9.60. The molecule has 0 heterocycles. The molecule has 2 heteroatoms. The van der Waals surface area contributed by atoms with E-state index in [1.54, 1.807) is 0 Å². The fourth-order valence-electron chi connectivity index (χ4n) is 2.74. The minimum atomic E-state index is -0.0111. The van der Waals surface area contributed by atoms with Gasteiger partial charge in [-0.25, -0.2) is 0 Å². The molecule has 16 heavy (non-hydrogen) atoms. The third kappa shape index (κ3) is 1.76. The molecule has 0 saturated heterocycles. The van der Waals surface area contributed by atoms with E-state index in [0.717, 1.165) is 13.0 Å². The average Bonchev–Trinajstić information content (AvgIpc) is 2.84. The number of hydrogen-bond acceptors (Lipinski definition) is 2. The fourth-order valence-corrected chi connectivity index (χ4v) is 2.74. The summed E-state index contributed by atoms with van der Waals surface area (Å²) in [7, 11) is 2.11. The molecule has 0 aliphatic heterocycles.